The number of piperidine rings is 1. The Balaban J connectivity index is 1.50. The minimum atomic E-state index is -1.07. The van der Waals surface area contributed by atoms with E-state index in [1.165, 1.54) is 4.90 Å². The van der Waals surface area contributed by atoms with Gasteiger partial charge in [-0.15, -0.1) is 0 Å². The summed E-state index contributed by atoms with van der Waals surface area (Å²) in [6.07, 6.45) is 0.0973. The summed E-state index contributed by atoms with van der Waals surface area (Å²) < 4.78 is 22.9. The Kier molecular flexibility index (Phi) is 9.27. The maximum absolute atomic E-state index is 11.7. The summed E-state index contributed by atoms with van der Waals surface area (Å²) in [6, 6.07) is 13.5. The third-order valence-corrected chi connectivity index (χ3v) is 6.75. The van der Waals surface area contributed by atoms with Gasteiger partial charge in [0.15, 0.2) is 0 Å². The zero-order chi connectivity index (χ0) is 26.2. The van der Waals surface area contributed by atoms with Crippen molar-refractivity contribution in [2.24, 2.45) is 0 Å². The lowest BCUT2D eigenvalue weighted by atomic mass is 9.84. The zero-order valence-electron chi connectivity index (χ0n) is 21.3. The Labute approximate surface area is 217 Å². The number of rotatable bonds is 11. The van der Waals surface area contributed by atoms with Crippen LogP contribution < -0.4 is 14.4 Å². The molecule has 200 valence electrons. The highest BCUT2D eigenvalue weighted by atomic mass is 16.5. The van der Waals surface area contributed by atoms with Crippen molar-refractivity contribution in [1.29, 1.82) is 0 Å². The van der Waals surface area contributed by atoms with Crippen molar-refractivity contribution in [3.8, 4) is 11.5 Å². The summed E-state index contributed by atoms with van der Waals surface area (Å²) in [7, 11) is 1.70. The van der Waals surface area contributed by atoms with E-state index in [1.54, 1.807) is 13.2 Å². The lowest BCUT2D eigenvalue weighted by molar-refractivity contribution is -0.0660. The van der Waals surface area contributed by atoms with Gasteiger partial charge in [-0.2, -0.15) is 0 Å². The first kappa shape index (κ1) is 26.8. The van der Waals surface area contributed by atoms with Gasteiger partial charge >= 0.3 is 6.09 Å². The molecule has 2 heterocycles. The van der Waals surface area contributed by atoms with Crippen LogP contribution in [0.5, 0.6) is 11.5 Å². The van der Waals surface area contributed by atoms with Crippen LogP contribution in [0.4, 0.5) is 10.5 Å². The molecule has 0 spiro atoms. The Morgan fingerprint density at radius 3 is 2.76 bits per heavy atom. The largest absolute Gasteiger partial charge is 0.490 e. The number of hydrogen-bond acceptors (Lipinski definition) is 7. The van der Waals surface area contributed by atoms with Crippen molar-refractivity contribution in [2.45, 2.75) is 31.2 Å². The minimum Gasteiger partial charge on any atom is -0.490 e. The predicted molar refractivity (Wildman–Crippen MR) is 140 cm³/mol. The van der Waals surface area contributed by atoms with Gasteiger partial charge in [-0.3, -0.25) is 0 Å². The van der Waals surface area contributed by atoms with Crippen LogP contribution in [0.25, 0.3) is 0 Å². The molecule has 2 aromatic rings. The van der Waals surface area contributed by atoms with Crippen LogP contribution in [-0.2, 0) is 16.1 Å². The highest BCUT2D eigenvalue weighted by Gasteiger charge is 2.39. The van der Waals surface area contributed by atoms with Crippen molar-refractivity contribution >= 4 is 11.8 Å². The molecule has 0 aromatic heterocycles. The lowest BCUT2D eigenvalue weighted by Gasteiger charge is -2.40. The van der Waals surface area contributed by atoms with Gasteiger partial charge in [0, 0.05) is 26.2 Å². The zero-order valence-corrected chi connectivity index (χ0v) is 21.3. The van der Waals surface area contributed by atoms with E-state index < -0.39 is 18.3 Å². The number of hydrogen-bond donors (Lipinski definition) is 2. The number of ether oxygens (including phenoxy) is 4. The van der Waals surface area contributed by atoms with E-state index >= 15 is 0 Å². The molecule has 0 aliphatic carbocycles. The predicted octanol–water partition coefficient (Wildman–Crippen LogP) is 3.51. The fourth-order valence-electron chi connectivity index (χ4n) is 4.93. The molecule has 9 nitrogen and oxygen atoms in total. The maximum Gasteiger partial charge on any atom is 0.407 e. The van der Waals surface area contributed by atoms with Crippen LogP contribution in [0.2, 0.25) is 0 Å². The number of carbonyl (C=O) groups is 1. The van der Waals surface area contributed by atoms with E-state index in [1.807, 2.05) is 36.4 Å². The van der Waals surface area contributed by atoms with Crippen LogP contribution in [0.3, 0.4) is 0 Å². The van der Waals surface area contributed by atoms with Crippen LogP contribution in [-0.4, -0.2) is 86.5 Å². The van der Waals surface area contributed by atoms with Gasteiger partial charge < -0.3 is 39.0 Å². The third kappa shape index (κ3) is 6.74. The summed E-state index contributed by atoms with van der Waals surface area (Å²) in [5, 5.41) is 20.5. The van der Waals surface area contributed by atoms with E-state index in [0.717, 1.165) is 42.1 Å². The first-order valence-corrected chi connectivity index (χ1v) is 12.6. The fraction of sp³-hybridized carbons (Fsp3) is 0.464. The fourth-order valence-corrected chi connectivity index (χ4v) is 4.93. The van der Waals surface area contributed by atoms with Gasteiger partial charge in [0.25, 0.3) is 0 Å². The van der Waals surface area contributed by atoms with E-state index in [-0.39, 0.29) is 25.6 Å². The number of aliphatic hydroxyl groups excluding tert-OH is 1. The molecule has 2 aliphatic rings. The number of benzene rings is 2. The number of fused-ring (bicyclic) bond motifs is 1. The summed E-state index contributed by atoms with van der Waals surface area (Å²) in [4.78, 5) is 15.2. The number of anilines is 1. The SMILES string of the molecule is C=CCOc1ccc([C@H]2[C@H](O)CN(C(=O)O)C[C@@H]2OCc2ccc3c(c2)N(CCCOC)CCO3)cc1. The molecule has 0 radical (unpaired) electrons. The van der Waals surface area contributed by atoms with Gasteiger partial charge in [-0.1, -0.05) is 30.9 Å². The van der Waals surface area contributed by atoms with Crippen molar-refractivity contribution in [3.05, 3.63) is 66.2 Å². The number of nitrogens with zero attached hydrogens (tertiary/aromatic N) is 2. The van der Waals surface area contributed by atoms with E-state index in [2.05, 4.69) is 17.5 Å². The summed E-state index contributed by atoms with van der Waals surface area (Å²) in [5.41, 5.74) is 2.84. The average molecular weight is 513 g/mol. The molecule has 4 rings (SSSR count). The molecule has 1 amide bonds. The molecule has 0 saturated carbocycles. The van der Waals surface area contributed by atoms with Crippen molar-refractivity contribution in [2.75, 3.05) is 58.0 Å². The number of aliphatic hydroxyl groups is 1. The summed E-state index contributed by atoms with van der Waals surface area (Å²) >= 11 is 0. The number of carboxylic acid groups (broad SMARTS) is 1. The standard InChI is InChI=1S/C28H36N2O7/c1-3-13-35-22-8-6-21(7-9-22)27-24(31)17-30(28(32)33)18-26(27)37-19-20-5-10-25-23(16-20)29(12-15-36-25)11-4-14-34-2/h3,5-10,16,24,26-27,31H,1,4,11-15,17-19H2,2H3,(H,32,33)/t24-,26+,27+/m1/s1. The van der Waals surface area contributed by atoms with Crippen molar-refractivity contribution in [1.82, 2.24) is 4.90 Å². The molecule has 1 saturated heterocycles. The molecule has 2 aromatic carbocycles. The Hall–Kier alpha value is -3.27. The van der Waals surface area contributed by atoms with Gasteiger partial charge in [0.05, 0.1) is 44.1 Å². The average Bonchev–Trinajstić information content (AvgIpc) is 2.91. The number of methoxy groups -OCH3 is 1. The first-order valence-electron chi connectivity index (χ1n) is 12.6. The Bertz CT molecular complexity index is 1050. The van der Waals surface area contributed by atoms with Gasteiger partial charge in [-0.25, -0.2) is 4.79 Å². The van der Waals surface area contributed by atoms with Gasteiger partial charge in [0.1, 0.15) is 24.7 Å². The molecule has 2 N–H and O–H groups in total. The van der Waals surface area contributed by atoms with Gasteiger partial charge in [-0.05, 0) is 41.8 Å². The van der Waals surface area contributed by atoms with Crippen molar-refractivity contribution in [3.63, 3.8) is 0 Å². The number of amides is 1. The second kappa shape index (κ2) is 12.8. The number of likely N-dealkylation sites (tertiary alicyclic amines) is 1. The Morgan fingerprint density at radius 2 is 2.03 bits per heavy atom. The summed E-state index contributed by atoms with van der Waals surface area (Å²) in [6.45, 7) is 7.54. The van der Waals surface area contributed by atoms with Crippen molar-refractivity contribution < 1.29 is 34.0 Å². The normalized spacial score (nSPS) is 21.2. The molecule has 0 unspecified atom stereocenters. The Morgan fingerprint density at radius 1 is 1.22 bits per heavy atom. The third-order valence-electron chi connectivity index (χ3n) is 6.75. The second-order valence-corrected chi connectivity index (χ2v) is 9.28. The topological polar surface area (TPSA) is 101 Å². The molecular weight excluding hydrogens is 476 g/mol. The molecule has 2 aliphatic heterocycles. The van der Waals surface area contributed by atoms with E-state index in [9.17, 15) is 15.0 Å². The monoisotopic (exact) mass is 512 g/mol. The van der Waals surface area contributed by atoms with Gasteiger partial charge in [0.2, 0.25) is 0 Å². The van der Waals surface area contributed by atoms with E-state index in [0.29, 0.717) is 25.6 Å². The molecule has 0 bridgehead atoms. The summed E-state index contributed by atoms with van der Waals surface area (Å²) in [5.74, 6) is 1.16. The van der Waals surface area contributed by atoms with Crippen LogP contribution in [0.15, 0.2) is 55.1 Å². The molecule has 9 heteroatoms. The second-order valence-electron chi connectivity index (χ2n) is 9.28. The molecular formula is C28H36N2O7. The smallest absolute Gasteiger partial charge is 0.407 e. The minimum absolute atomic E-state index is 0.0290. The maximum atomic E-state index is 11.7. The molecule has 1 fully saturated rings. The molecule has 37 heavy (non-hydrogen) atoms. The van der Waals surface area contributed by atoms with E-state index in [4.69, 9.17) is 18.9 Å². The quantitative estimate of drug-likeness (QED) is 0.349. The number of β-amino-alcohol motifs (C(OH)–C–C–N with tert-alkyl or cyclic N) is 1. The first-order chi connectivity index (χ1) is 18.0. The van der Waals surface area contributed by atoms with Crippen LogP contribution in [0.1, 0.15) is 23.5 Å². The van der Waals surface area contributed by atoms with Crippen LogP contribution in [0, 0.1) is 0 Å². The van der Waals surface area contributed by atoms with Crippen LogP contribution >= 0.6 is 0 Å². The lowest BCUT2D eigenvalue weighted by Crippen LogP contribution is -2.53. The highest BCUT2D eigenvalue weighted by Crippen LogP contribution is 2.35. The molecule has 3 atom stereocenters. The highest BCUT2D eigenvalue weighted by molar-refractivity contribution is 5.65.